The number of hydrogen-bond donors (Lipinski definition) is 0. The molecule has 0 rings (SSSR count). The number of carbonyl (C=O) groups is 3. The molecule has 0 saturated carbocycles. The summed E-state index contributed by atoms with van der Waals surface area (Å²) in [7, 11) is 5.41. The summed E-state index contributed by atoms with van der Waals surface area (Å²) < 4.78 is 17.1. The molecule has 0 saturated heterocycles. The Hall–Kier alpha value is -1.67. The molecule has 0 aliphatic rings. The summed E-state index contributed by atoms with van der Waals surface area (Å²) in [6, 6.07) is -0.718. The highest BCUT2D eigenvalue weighted by Crippen LogP contribution is 2.16. The number of aliphatic carboxylic acids is 1. The molecular weight excluding hydrogens is 630 g/mol. The number of nitrogens with zero attached hydrogens (tertiary/aromatic N) is 1. The zero-order chi connectivity index (χ0) is 37.1. The summed E-state index contributed by atoms with van der Waals surface area (Å²) in [5, 5.41) is 11.6. The Kier molecular flexibility index (Phi) is 33.3. The fraction of sp³-hybridized carbons (Fsp3) is 0.929. The van der Waals surface area contributed by atoms with E-state index in [1.807, 2.05) is 0 Å². The van der Waals surface area contributed by atoms with Crippen LogP contribution in [0.25, 0.3) is 0 Å². The molecule has 0 aliphatic heterocycles. The van der Waals surface area contributed by atoms with Crippen LogP contribution in [0.1, 0.15) is 200 Å². The van der Waals surface area contributed by atoms with Crippen molar-refractivity contribution in [3.63, 3.8) is 0 Å². The maximum Gasteiger partial charge on any atom is 0.306 e. The zero-order valence-electron chi connectivity index (χ0n) is 33.6. The molecule has 2 unspecified atom stereocenters. The van der Waals surface area contributed by atoms with Gasteiger partial charge >= 0.3 is 11.9 Å². The number of unbranched alkanes of at least 4 members (excludes halogenated alkanes) is 24. The molecule has 0 aromatic carbocycles. The van der Waals surface area contributed by atoms with E-state index in [-0.39, 0.29) is 42.7 Å². The van der Waals surface area contributed by atoms with E-state index in [9.17, 15) is 19.5 Å². The van der Waals surface area contributed by atoms with E-state index in [0.717, 1.165) is 38.5 Å². The van der Waals surface area contributed by atoms with Crippen LogP contribution in [0.5, 0.6) is 0 Å². The summed E-state index contributed by atoms with van der Waals surface area (Å²) in [5.74, 6) is -1.72. The second-order valence-electron chi connectivity index (χ2n) is 15.6. The highest BCUT2D eigenvalue weighted by atomic mass is 16.6. The van der Waals surface area contributed by atoms with Crippen molar-refractivity contribution < 1.29 is 38.2 Å². The van der Waals surface area contributed by atoms with Crippen molar-refractivity contribution in [2.45, 2.75) is 212 Å². The van der Waals surface area contributed by atoms with Gasteiger partial charge in [-0.2, -0.15) is 0 Å². The van der Waals surface area contributed by atoms with Gasteiger partial charge in [-0.15, -0.1) is 0 Å². The van der Waals surface area contributed by atoms with Crippen LogP contribution in [-0.2, 0) is 28.6 Å². The van der Waals surface area contributed by atoms with Crippen LogP contribution in [-0.4, -0.2) is 75.5 Å². The number of carbonyl (C=O) groups excluding carboxylic acids is 3. The van der Waals surface area contributed by atoms with Gasteiger partial charge in [0.15, 0.2) is 6.10 Å². The smallest absolute Gasteiger partial charge is 0.306 e. The molecule has 8 heteroatoms. The highest BCUT2D eigenvalue weighted by molar-refractivity contribution is 5.70. The number of rotatable bonds is 38. The van der Waals surface area contributed by atoms with Gasteiger partial charge in [0.1, 0.15) is 12.6 Å². The Balaban J connectivity index is 4.24. The second-order valence-corrected chi connectivity index (χ2v) is 15.6. The van der Waals surface area contributed by atoms with Gasteiger partial charge in [0.2, 0.25) is 0 Å². The number of quaternary nitrogens is 1. The van der Waals surface area contributed by atoms with E-state index in [1.165, 1.54) is 128 Å². The van der Waals surface area contributed by atoms with Crippen LogP contribution in [0, 0.1) is 0 Å². The van der Waals surface area contributed by atoms with Gasteiger partial charge in [0.05, 0.1) is 40.3 Å². The van der Waals surface area contributed by atoms with Gasteiger partial charge in [0, 0.05) is 19.3 Å². The molecule has 0 aliphatic carbocycles. The lowest BCUT2D eigenvalue weighted by atomic mass is 10.0. The maximum atomic E-state index is 12.7. The minimum atomic E-state index is -1.12. The molecule has 8 nitrogen and oxygen atoms in total. The summed E-state index contributed by atoms with van der Waals surface area (Å²) >= 11 is 0. The van der Waals surface area contributed by atoms with Gasteiger partial charge in [-0.25, -0.2) is 0 Å². The molecule has 0 aromatic heterocycles. The molecule has 0 radical (unpaired) electrons. The van der Waals surface area contributed by atoms with Crippen molar-refractivity contribution in [3.8, 4) is 0 Å². The molecule has 296 valence electrons. The Morgan fingerprint density at radius 1 is 0.520 bits per heavy atom. The van der Waals surface area contributed by atoms with Gasteiger partial charge in [0.25, 0.3) is 0 Å². The molecule has 0 N–H and O–H groups in total. The van der Waals surface area contributed by atoms with E-state index in [4.69, 9.17) is 14.2 Å². The topological polar surface area (TPSA) is 102 Å². The first-order valence-corrected chi connectivity index (χ1v) is 21.1. The van der Waals surface area contributed by atoms with Crippen molar-refractivity contribution >= 4 is 17.9 Å². The first kappa shape index (κ1) is 48.3. The molecule has 0 aromatic rings. The third-order valence-corrected chi connectivity index (χ3v) is 9.74. The zero-order valence-corrected chi connectivity index (χ0v) is 33.6. The number of likely N-dealkylation sites (N-methyl/N-ethyl adjacent to an activating group) is 1. The van der Waals surface area contributed by atoms with Crippen molar-refractivity contribution in [2.24, 2.45) is 0 Å². The van der Waals surface area contributed by atoms with Gasteiger partial charge in [-0.3, -0.25) is 9.59 Å². The lowest BCUT2D eigenvalue weighted by molar-refractivity contribution is -0.889. The molecule has 0 spiro atoms. The van der Waals surface area contributed by atoms with Crippen LogP contribution >= 0.6 is 0 Å². The fourth-order valence-corrected chi connectivity index (χ4v) is 6.42. The van der Waals surface area contributed by atoms with E-state index >= 15 is 0 Å². The van der Waals surface area contributed by atoms with Crippen molar-refractivity contribution in [1.29, 1.82) is 0 Å². The Bertz CT molecular complexity index is 797. The summed E-state index contributed by atoms with van der Waals surface area (Å²) in [6.45, 7) is 4.65. The van der Waals surface area contributed by atoms with E-state index < -0.39 is 18.1 Å². The molecular formula is C42H81NO7. The van der Waals surface area contributed by atoms with Crippen LogP contribution in [0.4, 0.5) is 0 Å². The van der Waals surface area contributed by atoms with Gasteiger partial charge < -0.3 is 28.6 Å². The lowest BCUT2D eigenvalue weighted by Crippen LogP contribution is -2.55. The highest BCUT2D eigenvalue weighted by Gasteiger charge is 2.25. The van der Waals surface area contributed by atoms with Crippen LogP contribution < -0.4 is 5.11 Å². The van der Waals surface area contributed by atoms with Crippen molar-refractivity contribution in [1.82, 2.24) is 0 Å². The molecule has 0 heterocycles. The number of carboxylic acid groups (broad SMARTS) is 1. The molecule has 0 fully saturated rings. The standard InChI is InChI=1S/C42H81NO7/c1-6-8-10-12-14-16-17-18-19-20-21-22-23-24-25-27-29-31-33-41(45)50-38(36-48-35-34-39(42(46)47)43(3,4)5)37-49-40(44)32-30-28-26-15-13-11-9-7-2/h38-39H,6-37H2,1-5H3. The largest absolute Gasteiger partial charge is 0.544 e. The predicted octanol–water partition coefficient (Wildman–Crippen LogP) is 9.64. The third kappa shape index (κ3) is 32.3. The average molecular weight is 712 g/mol. The third-order valence-electron chi connectivity index (χ3n) is 9.74. The first-order chi connectivity index (χ1) is 24.1. The fourth-order valence-electron chi connectivity index (χ4n) is 6.42. The van der Waals surface area contributed by atoms with E-state index in [0.29, 0.717) is 12.8 Å². The molecule has 0 bridgehead atoms. The number of carboxylic acids is 1. The number of hydrogen-bond acceptors (Lipinski definition) is 7. The second kappa shape index (κ2) is 34.4. The molecule has 50 heavy (non-hydrogen) atoms. The molecule has 2 atom stereocenters. The van der Waals surface area contributed by atoms with Crippen molar-refractivity contribution in [2.75, 3.05) is 41.0 Å². The van der Waals surface area contributed by atoms with E-state index in [1.54, 1.807) is 21.1 Å². The minimum absolute atomic E-state index is 0.0484. The van der Waals surface area contributed by atoms with Gasteiger partial charge in [-0.1, -0.05) is 168 Å². The van der Waals surface area contributed by atoms with Crippen LogP contribution in [0.2, 0.25) is 0 Å². The van der Waals surface area contributed by atoms with Crippen LogP contribution in [0.15, 0.2) is 0 Å². The SMILES string of the molecule is CCCCCCCCCCCCCCCCCCCCC(=O)OC(COCCC(C(=O)[O-])[N+](C)(C)C)COC(=O)CCCCCCCCCC. The maximum absolute atomic E-state index is 12.7. The number of esters is 2. The van der Waals surface area contributed by atoms with Crippen molar-refractivity contribution in [3.05, 3.63) is 0 Å². The quantitative estimate of drug-likeness (QED) is 0.0357. The predicted molar refractivity (Wildman–Crippen MR) is 204 cm³/mol. The van der Waals surface area contributed by atoms with Crippen LogP contribution in [0.3, 0.4) is 0 Å². The normalized spacial score (nSPS) is 12.9. The lowest BCUT2D eigenvalue weighted by Gasteiger charge is -2.34. The Morgan fingerprint density at radius 2 is 0.880 bits per heavy atom. The summed E-state index contributed by atoms with van der Waals surface area (Å²) in [5.41, 5.74) is 0. The summed E-state index contributed by atoms with van der Waals surface area (Å²) in [6.07, 6.45) is 32.7. The Morgan fingerprint density at radius 3 is 1.24 bits per heavy atom. The Labute approximate surface area is 308 Å². The average Bonchev–Trinajstić information content (AvgIpc) is 3.06. The van der Waals surface area contributed by atoms with E-state index in [2.05, 4.69) is 13.8 Å². The van der Waals surface area contributed by atoms with Gasteiger partial charge in [-0.05, 0) is 12.8 Å². The minimum Gasteiger partial charge on any atom is -0.544 e. The molecule has 0 amide bonds. The summed E-state index contributed by atoms with van der Waals surface area (Å²) in [4.78, 5) is 36.6. The number of ether oxygens (including phenoxy) is 3. The first-order valence-electron chi connectivity index (χ1n) is 21.1. The monoisotopic (exact) mass is 712 g/mol.